The van der Waals surface area contributed by atoms with Gasteiger partial charge in [0.1, 0.15) is 0 Å². The summed E-state index contributed by atoms with van der Waals surface area (Å²) in [5.41, 5.74) is 0. The van der Waals surface area contributed by atoms with Gasteiger partial charge in [-0.3, -0.25) is 0 Å². The molecule has 0 bridgehead atoms. The number of rotatable bonds is 4. The molecule has 1 atom stereocenters. The van der Waals surface area contributed by atoms with Crippen molar-refractivity contribution in [2.24, 2.45) is 0 Å². The van der Waals surface area contributed by atoms with Crippen LogP contribution in [-0.4, -0.2) is 18.2 Å². The summed E-state index contributed by atoms with van der Waals surface area (Å²) >= 11 is 0. The van der Waals surface area contributed by atoms with Gasteiger partial charge in [0.05, 0.1) is 10.1 Å². The van der Waals surface area contributed by atoms with Crippen LogP contribution in [0, 0.1) is 0 Å². The zero-order chi connectivity index (χ0) is 8.20. The molecule has 0 aliphatic rings. The van der Waals surface area contributed by atoms with Crippen LogP contribution in [0.2, 0.25) is 0 Å². The van der Waals surface area contributed by atoms with E-state index in [1.54, 1.807) is 0 Å². The first-order valence-electron chi connectivity index (χ1n) is 3.43. The van der Waals surface area contributed by atoms with Gasteiger partial charge in [-0.15, -0.1) is 0 Å². The predicted molar refractivity (Wildman–Crippen MR) is 38.7 cm³/mol. The molecule has 0 aromatic rings. The molecule has 0 N–H and O–H groups in total. The molecule has 0 amide bonds. The van der Waals surface area contributed by atoms with Crippen LogP contribution in [0.15, 0.2) is 0 Å². The molecule has 11 heavy (non-hydrogen) atoms. The first-order chi connectivity index (χ1) is 4.48. The molecule has 0 heterocycles. The zero-order valence-electron chi connectivity index (χ0n) is 7.33. The van der Waals surface area contributed by atoms with E-state index in [-0.39, 0.29) is 51.4 Å². The summed E-state index contributed by atoms with van der Waals surface area (Å²) < 4.78 is 30.8. The Kier molecular flexibility index (Phi) is 9.57. The SMILES string of the molecule is CCCCC(C)S(=O)(=O)[O-].[K+]. The second-order valence-corrected chi connectivity index (χ2v) is 4.24. The van der Waals surface area contributed by atoms with Gasteiger partial charge in [0, 0.05) is 5.25 Å². The Morgan fingerprint density at radius 1 is 1.45 bits per heavy atom. The summed E-state index contributed by atoms with van der Waals surface area (Å²) in [6, 6.07) is 0. The van der Waals surface area contributed by atoms with E-state index in [1.165, 1.54) is 6.92 Å². The van der Waals surface area contributed by atoms with Gasteiger partial charge < -0.3 is 4.55 Å². The molecule has 0 radical (unpaired) electrons. The van der Waals surface area contributed by atoms with E-state index in [2.05, 4.69) is 0 Å². The van der Waals surface area contributed by atoms with Gasteiger partial charge in [0.25, 0.3) is 0 Å². The van der Waals surface area contributed by atoms with Crippen LogP contribution < -0.4 is 51.4 Å². The fourth-order valence-corrected chi connectivity index (χ4v) is 1.09. The van der Waals surface area contributed by atoms with Gasteiger partial charge in [-0.05, 0) is 13.3 Å². The van der Waals surface area contributed by atoms with Crippen LogP contribution in [0.25, 0.3) is 0 Å². The topological polar surface area (TPSA) is 57.2 Å². The summed E-state index contributed by atoms with van der Waals surface area (Å²) in [5, 5.41) is -0.715. The van der Waals surface area contributed by atoms with Crippen molar-refractivity contribution in [2.75, 3.05) is 0 Å². The van der Waals surface area contributed by atoms with Crippen LogP contribution >= 0.6 is 0 Å². The van der Waals surface area contributed by atoms with Gasteiger partial charge >= 0.3 is 51.4 Å². The molecule has 62 valence electrons. The Labute approximate surface area is 111 Å². The maximum atomic E-state index is 10.3. The first kappa shape index (κ1) is 15.0. The average Bonchev–Trinajstić information content (AvgIpc) is 1.80. The van der Waals surface area contributed by atoms with Crippen molar-refractivity contribution in [1.29, 1.82) is 0 Å². The molecule has 3 nitrogen and oxygen atoms in total. The molecule has 0 aliphatic carbocycles. The monoisotopic (exact) mass is 204 g/mol. The molecule has 0 aliphatic heterocycles. The van der Waals surface area contributed by atoms with E-state index in [1.807, 2.05) is 6.92 Å². The van der Waals surface area contributed by atoms with E-state index in [0.717, 1.165) is 12.8 Å². The second kappa shape index (κ2) is 7.00. The fraction of sp³-hybridized carbons (Fsp3) is 1.00. The average molecular weight is 204 g/mol. The van der Waals surface area contributed by atoms with Crippen LogP contribution in [0.1, 0.15) is 33.1 Å². The normalized spacial score (nSPS) is 13.7. The number of hydrogen-bond acceptors (Lipinski definition) is 3. The molecular weight excluding hydrogens is 191 g/mol. The molecule has 0 aromatic carbocycles. The van der Waals surface area contributed by atoms with Crippen LogP contribution in [0.5, 0.6) is 0 Å². The quantitative estimate of drug-likeness (QED) is 0.397. The molecule has 0 rings (SSSR count). The first-order valence-corrected chi connectivity index (χ1v) is 4.90. The summed E-state index contributed by atoms with van der Waals surface area (Å²) in [4.78, 5) is 0. The van der Waals surface area contributed by atoms with Crippen LogP contribution in [0.3, 0.4) is 0 Å². The van der Waals surface area contributed by atoms with Gasteiger partial charge in [0.2, 0.25) is 0 Å². The Bertz CT molecular complexity index is 176. The van der Waals surface area contributed by atoms with E-state index in [0.29, 0.717) is 6.42 Å². The van der Waals surface area contributed by atoms with Crippen molar-refractivity contribution in [2.45, 2.75) is 38.4 Å². The Hall–Kier alpha value is 1.55. The predicted octanol–water partition coefficient (Wildman–Crippen LogP) is -1.89. The van der Waals surface area contributed by atoms with Crippen molar-refractivity contribution in [3.05, 3.63) is 0 Å². The third-order valence-corrected chi connectivity index (χ3v) is 2.68. The van der Waals surface area contributed by atoms with E-state index >= 15 is 0 Å². The third kappa shape index (κ3) is 7.89. The van der Waals surface area contributed by atoms with Crippen LogP contribution in [-0.2, 0) is 10.1 Å². The Morgan fingerprint density at radius 3 is 2.18 bits per heavy atom. The van der Waals surface area contributed by atoms with Crippen LogP contribution in [0.4, 0.5) is 0 Å². The number of hydrogen-bond donors (Lipinski definition) is 0. The van der Waals surface area contributed by atoms with Gasteiger partial charge in [-0.1, -0.05) is 19.8 Å². The van der Waals surface area contributed by atoms with E-state index in [9.17, 15) is 13.0 Å². The van der Waals surface area contributed by atoms with Gasteiger partial charge in [-0.2, -0.15) is 0 Å². The Balaban J connectivity index is 0. The van der Waals surface area contributed by atoms with Crippen molar-refractivity contribution >= 4 is 10.1 Å². The zero-order valence-corrected chi connectivity index (χ0v) is 11.3. The molecule has 0 aromatic heterocycles. The van der Waals surface area contributed by atoms with Crippen molar-refractivity contribution < 1.29 is 64.4 Å². The maximum absolute atomic E-state index is 10.3. The minimum Gasteiger partial charge on any atom is -0.748 e. The molecule has 1 unspecified atom stereocenters. The minimum absolute atomic E-state index is 0. The van der Waals surface area contributed by atoms with Gasteiger partial charge in [0.15, 0.2) is 0 Å². The molecule has 0 saturated carbocycles. The summed E-state index contributed by atoms with van der Waals surface area (Å²) in [6.07, 6.45) is 2.23. The smallest absolute Gasteiger partial charge is 0.748 e. The summed E-state index contributed by atoms with van der Waals surface area (Å²) in [6.45, 7) is 3.42. The third-order valence-electron chi connectivity index (χ3n) is 1.46. The molecule has 0 spiro atoms. The maximum Gasteiger partial charge on any atom is 1.00 e. The fourth-order valence-electron chi connectivity index (χ4n) is 0.636. The number of unbranched alkanes of at least 4 members (excludes halogenated alkanes) is 1. The van der Waals surface area contributed by atoms with E-state index < -0.39 is 15.4 Å². The van der Waals surface area contributed by atoms with Gasteiger partial charge in [-0.25, -0.2) is 8.42 Å². The molecule has 5 heteroatoms. The second-order valence-electron chi connectivity index (χ2n) is 2.45. The molecule has 0 fully saturated rings. The molecular formula is C6H13KO3S. The summed E-state index contributed by atoms with van der Waals surface area (Å²) in [7, 11) is -4.03. The minimum atomic E-state index is -4.03. The Morgan fingerprint density at radius 2 is 1.91 bits per heavy atom. The standard InChI is InChI=1S/C6H14O3S.K/c1-3-4-5-6(2)10(7,8)9;/h6H,3-5H2,1-2H3,(H,7,8,9);/q;+1/p-1. The largest absolute Gasteiger partial charge is 1.00 e. The van der Waals surface area contributed by atoms with Crippen molar-refractivity contribution in [3.8, 4) is 0 Å². The summed E-state index contributed by atoms with van der Waals surface area (Å²) in [5.74, 6) is 0. The van der Waals surface area contributed by atoms with Crippen molar-refractivity contribution in [3.63, 3.8) is 0 Å². The molecule has 0 saturated heterocycles. The van der Waals surface area contributed by atoms with E-state index in [4.69, 9.17) is 0 Å². The van der Waals surface area contributed by atoms with Crippen molar-refractivity contribution in [1.82, 2.24) is 0 Å².